The first-order valence-corrected chi connectivity index (χ1v) is 6.93. The van der Waals surface area contributed by atoms with Crippen molar-refractivity contribution in [2.45, 2.75) is 13.0 Å². The zero-order chi connectivity index (χ0) is 14.4. The van der Waals surface area contributed by atoms with Crippen molar-refractivity contribution in [1.82, 2.24) is 4.90 Å². The second kappa shape index (κ2) is 7.47. The molecule has 0 saturated heterocycles. The molecular formula is C15H23NO4. The summed E-state index contributed by atoms with van der Waals surface area (Å²) >= 11 is 0. The summed E-state index contributed by atoms with van der Waals surface area (Å²) in [5.74, 6) is 1.58. The van der Waals surface area contributed by atoms with Crippen LogP contribution in [0.5, 0.6) is 11.5 Å². The molecule has 5 heteroatoms. The highest BCUT2D eigenvalue weighted by atomic mass is 16.5. The molecule has 0 fully saturated rings. The minimum absolute atomic E-state index is 0.0832. The molecule has 0 atom stereocenters. The van der Waals surface area contributed by atoms with Crippen LogP contribution in [-0.4, -0.2) is 57.1 Å². The summed E-state index contributed by atoms with van der Waals surface area (Å²) in [5, 5.41) is 8.68. The van der Waals surface area contributed by atoms with E-state index < -0.39 is 0 Å². The van der Waals surface area contributed by atoms with Crippen LogP contribution in [0.25, 0.3) is 0 Å². The first kappa shape index (κ1) is 15.1. The minimum atomic E-state index is 0.0832. The van der Waals surface area contributed by atoms with Crippen LogP contribution in [0.4, 0.5) is 0 Å². The third-order valence-corrected chi connectivity index (χ3v) is 3.58. The Hall–Kier alpha value is -1.30. The van der Waals surface area contributed by atoms with Crippen LogP contribution in [0.1, 0.15) is 11.1 Å². The summed E-state index contributed by atoms with van der Waals surface area (Å²) in [5.41, 5.74) is 2.62. The Labute approximate surface area is 120 Å². The molecule has 1 aromatic carbocycles. The van der Waals surface area contributed by atoms with Crippen LogP contribution in [0, 0.1) is 0 Å². The van der Waals surface area contributed by atoms with Crippen LogP contribution < -0.4 is 9.47 Å². The first-order valence-electron chi connectivity index (χ1n) is 6.93. The number of methoxy groups -OCH3 is 2. The summed E-state index contributed by atoms with van der Waals surface area (Å²) in [6.07, 6.45) is 1.01. The van der Waals surface area contributed by atoms with Crippen molar-refractivity contribution in [2.75, 3.05) is 47.1 Å². The van der Waals surface area contributed by atoms with E-state index in [0.29, 0.717) is 13.2 Å². The van der Waals surface area contributed by atoms with Gasteiger partial charge in [0.25, 0.3) is 0 Å². The SMILES string of the molecule is COc1cc2c(cc1OC)CN(CCOCCO)CC2. The quantitative estimate of drug-likeness (QED) is 0.758. The van der Waals surface area contributed by atoms with Gasteiger partial charge in [-0.1, -0.05) is 0 Å². The third-order valence-electron chi connectivity index (χ3n) is 3.58. The number of nitrogens with zero attached hydrogens (tertiary/aromatic N) is 1. The smallest absolute Gasteiger partial charge is 0.161 e. The summed E-state index contributed by atoms with van der Waals surface area (Å²) in [6, 6.07) is 4.14. The van der Waals surface area contributed by atoms with Crippen LogP contribution in [0.2, 0.25) is 0 Å². The fourth-order valence-electron chi connectivity index (χ4n) is 2.49. The fourth-order valence-corrected chi connectivity index (χ4v) is 2.49. The molecule has 1 N–H and O–H groups in total. The van der Waals surface area contributed by atoms with Crippen molar-refractivity contribution < 1.29 is 19.3 Å². The molecular weight excluding hydrogens is 258 g/mol. The number of aliphatic hydroxyl groups is 1. The zero-order valence-corrected chi connectivity index (χ0v) is 12.2. The van der Waals surface area contributed by atoms with Crippen molar-refractivity contribution in [1.29, 1.82) is 0 Å². The average molecular weight is 281 g/mol. The molecule has 20 heavy (non-hydrogen) atoms. The highest BCUT2D eigenvalue weighted by molar-refractivity contribution is 5.48. The van der Waals surface area contributed by atoms with Crippen molar-refractivity contribution in [3.8, 4) is 11.5 Å². The number of fused-ring (bicyclic) bond motifs is 1. The van der Waals surface area contributed by atoms with Crippen LogP contribution in [0.3, 0.4) is 0 Å². The Morgan fingerprint density at radius 2 is 1.80 bits per heavy atom. The normalized spacial score (nSPS) is 14.9. The number of ether oxygens (including phenoxy) is 3. The molecule has 0 saturated carbocycles. The maximum atomic E-state index is 8.68. The average Bonchev–Trinajstić information content (AvgIpc) is 2.50. The standard InChI is InChI=1S/C15H23NO4/c1-18-14-9-12-3-4-16(5-7-20-8-6-17)11-13(12)10-15(14)19-2/h9-10,17H,3-8,11H2,1-2H3. The van der Waals surface area contributed by atoms with E-state index in [1.165, 1.54) is 11.1 Å². The topological polar surface area (TPSA) is 51.2 Å². The lowest BCUT2D eigenvalue weighted by Crippen LogP contribution is -2.33. The number of hydrogen-bond acceptors (Lipinski definition) is 5. The summed E-state index contributed by atoms with van der Waals surface area (Å²) < 4.78 is 16.0. The molecule has 2 rings (SSSR count). The van der Waals surface area contributed by atoms with Gasteiger partial charge in [0.2, 0.25) is 0 Å². The monoisotopic (exact) mass is 281 g/mol. The maximum absolute atomic E-state index is 8.68. The molecule has 0 amide bonds. The first-order chi connectivity index (χ1) is 9.78. The molecule has 1 aliphatic heterocycles. The van der Waals surface area contributed by atoms with Crippen molar-refractivity contribution in [2.24, 2.45) is 0 Å². The van der Waals surface area contributed by atoms with Gasteiger partial charge in [0, 0.05) is 19.6 Å². The Morgan fingerprint density at radius 1 is 1.10 bits per heavy atom. The second-order valence-electron chi connectivity index (χ2n) is 4.84. The van der Waals surface area contributed by atoms with E-state index >= 15 is 0 Å². The molecule has 1 aromatic rings. The Morgan fingerprint density at radius 3 is 2.45 bits per heavy atom. The van der Waals surface area contributed by atoms with Crippen LogP contribution in [-0.2, 0) is 17.7 Å². The Kier molecular flexibility index (Phi) is 5.64. The van der Waals surface area contributed by atoms with Gasteiger partial charge >= 0.3 is 0 Å². The number of rotatable bonds is 7. The lowest BCUT2D eigenvalue weighted by Gasteiger charge is -2.29. The second-order valence-corrected chi connectivity index (χ2v) is 4.84. The van der Waals surface area contributed by atoms with E-state index in [4.69, 9.17) is 19.3 Å². The van der Waals surface area contributed by atoms with E-state index in [-0.39, 0.29) is 6.61 Å². The molecule has 0 spiro atoms. The van der Waals surface area contributed by atoms with Gasteiger partial charge in [0.1, 0.15) is 0 Å². The minimum Gasteiger partial charge on any atom is -0.493 e. The van der Waals surface area contributed by atoms with Gasteiger partial charge in [-0.3, -0.25) is 4.90 Å². The molecule has 5 nitrogen and oxygen atoms in total. The summed E-state index contributed by atoms with van der Waals surface area (Å²) in [6.45, 7) is 3.95. The summed E-state index contributed by atoms with van der Waals surface area (Å²) in [7, 11) is 3.32. The van der Waals surface area contributed by atoms with E-state index in [1.807, 2.05) is 0 Å². The molecule has 0 radical (unpaired) electrons. The van der Waals surface area contributed by atoms with Crippen LogP contribution >= 0.6 is 0 Å². The van der Waals surface area contributed by atoms with E-state index in [9.17, 15) is 0 Å². The number of hydrogen-bond donors (Lipinski definition) is 1. The van der Waals surface area contributed by atoms with E-state index in [2.05, 4.69) is 17.0 Å². The molecule has 0 bridgehead atoms. The highest BCUT2D eigenvalue weighted by Gasteiger charge is 2.19. The molecule has 0 aliphatic carbocycles. The van der Waals surface area contributed by atoms with Crippen LogP contribution in [0.15, 0.2) is 12.1 Å². The number of benzene rings is 1. The van der Waals surface area contributed by atoms with Gasteiger partial charge < -0.3 is 19.3 Å². The van der Waals surface area contributed by atoms with Gasteiger partial charge in [0.05, 0.1) is 34.0 Å². The zero-order valence-electron chi connectivity index (χ0n) is 12.2. The highest BCUT2D eigenvalue weighted by Crippen LogP contribution is 2.33. The maximum Gasteiger partial charge on any atom is 0.161 e. The molecule has 112 valence electrons. The van der Waals surface area contributed by atoms with Gasteiger partial charge in [-0.2, -0.15) is 0 Å². The predicted octanol–water partition coefficient (Wildman–Crippen LogP) is 1.07. The van der Waals surface area contributed by atoms with Crippen molar-refractivity contribution in [3.05, 3.63) is 23.3 Å². The van der Waals surface area contributed by atoms with Crippen molar-refractivity contribution in [3.63, 3.8) is 0 Å². The lowest BCUT2D eigenvalue weighted by molar-refractivity contribution is 0.0708. The van der Waals surface area contributed by atoms with Gasteiger partial charge in [0.15, 0.2) is 11.5 Å². The predicted molar refractivity (Wildman–Crippen MR) is 76.4 cm³/mol. The number of aliphatic hydroxyl groups excluding tert-OH is 1. The fraction of sp³-hybridized carbons (Fsp3) is 0.600. The third kappa shape index (κ3) is 3.62. The molecule has 1 heterocycles. The lowest BCUT2D eigenvalue weighted by atomic mass is 9.99. The van der Waals surface area contributed by atoms with Crippen molar-refractivity contribution >= 4 is 0 Å². The summed E-state index contributed by atoms with van der Waals surface area (Å²) in [4.78, 5) is 2.35. The van der Waals surface area contributed by atoms with Gasteiger partial charge in [-0.05, 0) is 29.7 Å². The molecule has 1 aliphatic rings. The van der Waals surface area contributed by atoms with E-state index in [0.717, 1.165) is 37.6 Å². The molecule has 0 unspecified atom stereocenters. The Bertz CT molecular complexity index is 436. The largest absolute Gasteiger partial charge is 0.493 e. The van der Waals surface area contributed by atoms with E-state index in [1.54, 1.807) is 14.2 Å². The van der Waals surface area contributed by atoms with Gasteiger partial charge in [-0.25, -0.2) is 0 Å². The molecule has 0 aromatic heterocycles. The Balaban J connectivity index is 1.98. The van der Waals surface area contributed by atoms with Gasteiger partial charge in [-0.15, -0.1) is 0 Å².